The van der Waals surface area contributed by atoms with E-state index < -0.39 is 0 Å². The van der Waals surface area contributed by atoms with Crippen molar-refractivity contribution in [3.8, 4) is 0 Å². The van der Waals surface area contributed by atoms with E-state index in [0.717, 1.165) is 29.5 Å². The molecule has 110 valence electrons. The summed E-state index contributed by atoms with van der Waals surface area (Å²) in [7, 11) is 1.93. The second-order valence-electron chi connectivity index (χ2n) is 5.35. The fraction of sp³-hybridized carbons (Fsp3) is 0.533. The number of nitrogens with one attached hydrogen (secondary N) is 1. The molecule has 0 aromatic heterocycles. The molecule has 1 saturated carbocycles. The van der Waals surface area contributed by atoms with Gasteiger partial charge in [-0.3, -0.25) is 4.79 Å². The summed E-state index contributed by atoms with van der Waals surface area (Å²) in [6.07, 6.45) is 4.74. The number of primary amides is 1. The van der Waals surface area contributed by atoms with Crippen LogP contribution in [-0.2, 0) is 11.3 Å². The van der Waals surface area contributed by atoms with E-state index in [1.54, 1.807) is 0 Å². The number of hydrogen-bond acceptors (Lipinski definition) is 3. The van der Waals surface area contributed by atoms with Crippen LogP contribution in [0.3, 0.4) is 0 Å². The van der Waals surface area contributed by atoms with Crippen LogP contribution < -0.4 is 16.0 Å². The molecule has 1 aliphatic carbocycles. The standard InChI is InChI=1S/C15H22BrN3O/c1-18-9-11-6-7-14(13(16)8-11)19(10-15(17)20)12-4-2-3-5-12/h6-8,12,18H,2-5,9-10H2,1H3,(H2,17,20). The van der Waals surface area contributed by atoms with Crippen LogP contribution in [0.2, 0.25) is 0 Å². The summed E-state index contributed by atoms with van der Waals surface area (Å²) in [6, 6.07) is 6.71. The SMILES string of the molecule is CNCc1ccc(N(CC(N)=O)C2CCCC2)c(Br)c1. The van der Waals surface area contributed by atoms with E-state index in [2.05, 4.69) is 44.3 Å². The van der Waals surface area contributed by atoms with Crippen LogP contribution >= 0.6 is 15.9 Å². The Kier molecular flexibility index (Phi) is 5.43. The molecular formula is C15H22BrN3O. The van der Waals surface area contributed by atoms with E-state index in [1.807, 2.05) is 7.05 Å². The van der Waals surface area contributed by atoms with Gasteiger partial charge in [0, 0.05) is 17.1 Å². The summed E-state index contributed by atoms with van der Waals surface area (Å²) in [6.45, 7) is 1.12. The maximum absolute atomic E-state index is 11.4. The minimum atomic E-state index is -0.275. The highest BCUT2D eigenvalue weighted by Gasteiger charge is 2.25. The minimum absolute atomic E-state index is 0.275. The lowest BCUT2D eigenvalue weighted by molar-refractivity contribution is -0.116. The Morgan fingerprint density at radius 2 is 2.15 bits per heavy atom. The molecule has 0 spiro atoms. The zero-order valence-electron chi connectivity index (χ0n) is 11.9. The van der Waals surface area contributed by atoms with Gasteiger partial charge in [0.25, 0.3) is 0 Å². The van der Waals surface area contributed by atoms with Gasteiger partial charge in [-0.25, -0.2) is 0 Å². The first kappa shape index (κ1) is 15.3. The summed E-state index contributed by atoms with van der Waals surface area (Å²) < 4.78 is 1.03. The van der Waals surface area contributed by atoms with Gasteiger partial charge in [-0.1, -0.05) is 18.9 Å². The van der Waals surface area contributed by atoms with Gasteiger partial charge in [0.2, 0.25) is 5.91 Å². The average Bonchev–Trinajstić information content (AvgIpc) is 2.90. The molecule has 0 unspecified atom stereocenters. The largest absolute Gasteiger partial charge is 0.368 e. The Morgan fingerprint density at radius 1 is 1.45 bits per heavy atom. The van der Waals surface area contributed by atoms with Crippen LogP contribution in [0.25, 0.3) is 0 Å². The number of rotatable bonds is 6. The number of carbonyl (C=O) groups is 1. The number of amides is 1. The third kappa shape index (κ3) is 3.73. The number of anilines is 1. The molecule has 0 bridgehead atoms. The molecule has 1 amide bonds. The lowest BCUT2D eigenvalue weighted by Gasteiger charge is -2.31. The fourth-order valence-electron chi connectivity index (χ4n) is 2.89. The number of carbonyl (C=O) groups excluding carboxylic acids is 1. The summed E-state index contributed by atoms with van der Waals surface area (Å²) in [5.74, 6) is -0.275. The molecule has 5 heteroatoms. The highest BCUT2D eigenvalue weighted by molar-refractivity contribution is 9.10. The molecular weight excluding hydrogens is 318 g/mol. The number of hydrogen-bond donors (Lipinski definition) is 2. The molecule has 3 N–H and O–H groups in total. The first-order valence-corrected chi connectivity index (χ1v) is 7.89. The minimum Gasteiger partial charge on any atom is -0.368 e. The third-order valence-corrected chi connectivity index (χ3v) is 4.43. The zero-order chi connectivity index (χ0) is 14.5. The normalized spacial score (nSPS) is 15.5. The number of nitrogens with zero attached hydrogens (tertiary/aromatic N) is 1. The van der Waals surface area contributed by atoms with Gasteiger partial charge in [-0.2, -0.15) is 0 Å². The van der Waals surface area contributed by atoms with Crippen LogP contribution in [0.5, 0.6) is 0 Å². The molecule has 1 aromatic rings. The van der Waals surface area contributed by atoms with E-state index >= 15 is 0 Å². The van der Waals surface area contributed by atoms with Gasteiger partial charge in [0.1, 0.15) is 0 Å². The molecule has 0 aliphatic heterocycles. The Labute approximate surface area is 128 Å². The second-order valence-corrected chi connectivity index (χ2v) is 6.20. The predicted octanol–water partition coefficient (Wildman–Crippen LogP) is 2.40. The average molecular weight is 340 g/mol. The molecule has 20 heavy (non-hydrogen) atoms. The van der Waals surface area contributed by atoms with E-state index in [0.29, 0.717) is 6.04 Å². The Bertz CT molecular complexity index is 472. The van der Waals surface area contributed by atoms with Crippen molar-refractivity contribution in [2.45, 2.75) is 38.3 Å². The maximum Gasteiger partial charge on any atom is 0.236 e. The van der Waals surface area contributed by atoms with Crippen molar-refractivity contribution in [2.24, 2.45) is 5.73 Å². The molecule has 1 aliphatic rings. The van der Waals surface area contributed by atoms with Gasteiger partial charge in [0.05, 0.1) is 12.2 Å². The monoisotopic (exact) mass is 339 g/mol. The molecule has 1 aromatic carbocycles. The van der Waals surface area contributed by atoms with Crippen molar-refractivity contribution in [3.05, 3.63) is 28.2 Å². The second kappa shape index (κ2) is 7.09. The van der Waals surface area contributed by atoms with Gasteiger partial charge >= 0.3 is 0 Å². The lowest BCUT2D eigenvalue weighted by Crippen LogP contribution is -2.40. The number of halogens is 1. The molecule has 0 atom stereocenters. The molecule has 2 rings (SSSR count). The van der Waals surface area contributed by atoms with Crippen LogP contribution in [0.1, 0.15) is 31.2 Å². The van der Waals surface area contributed by atoms with E-state index in [-0.39, 0.29) is 12.5 Å². The third-order valence-electron chi connectivity index (χ3n) is 3.79. The van der Waals surface area contributed by atoms with Gasteiger partial charge in [0.15, 0.2) is 0 Å². The molecule has 4 nitrogen and oxygen atoms in total. The molecule has 0 heterocycles. The first-order valence-electron chi connectivity index (χ1n) is 7.10. The highest BCUT2D eigenvalue weighted by Crippen LogP contribution is 2.33. The summed E-state index contributed by atoms with van der Waals surface area (Å²) >= 11 is 3.63. The van der Waals surface area contributed by atoms with Crippen LogP contribution in [0.4, 0.5) is 5.69 Å². The summed E-state index contributed by atoms with van der Waals surface area (Å²) in [5.41, 5.74) is 7.70. The van der Waals surface area contributed by atoms with Crippen molar-refractivity contribution in [1.29, 1.82) is 0 Å². The number of benzene rings is 1. The summed E-state index contributed by atoms with van der Waals surface area (Å²) in [5, 5.41) is 3.14. The predicted molar refractivity (Wildman–Crippen MR) is 85.7 cm³/mol. The van der Waals surface area contributed by atoms with Crippen molar-refractivity contribution < 1.29 is 4.79 Å². The Hall–Kier alpha value is -1.07. The van der Waals surface area contributed by atoms with Gasteiger partial charge in [-0.05, 0) is 53.5 Å². The molecule has 0 radical (unpaired) electrons. The van der Waals surface area contributed by atoms with Crippen LogP contribution in [-0.4, -0.2) is 25.5 Å². The summed E-state index contributed by atoms with van der Waals surface area (Å²) in [4.78, 5) is 13.5. The van der Waals surface area contributed by atoms with E-state index in [9.17, 15) is 4.79 Å². The van der Waals surface area contributed by atoms with Crippen LogP contribution in [0, 0.1) is 0 Å². The number of nitrogens with two attached hydrogens (primary N) is 1. The molecule has 0 saturated heterocycles. The van der Waals surface area contributed by atoms with E-state index in [4.69, 9.17) is 5.73 Å². The van der Waals surface area contributed by atoms with Crippen molar-refractivity contribution in [1.82, 2.24) is 5.32 Å². The van der Waals surface area contributed by atoms with Gasteiger partial charge in [-0.15, -0.1) is 0 Å². The Balaban J connectivity index is 2.25. The highest BCUT2D eigenvalue weighted by atomic mass is 79.9. The van der Waals surface area contributed by atoms with E-state index in [1.165, 1.54) is 18.4 Å². The van der Waals surface area contributed by atoms with Gasteiger partial charge < -0.3 is 16.0 Å². The van der Waals surface area contributed by atoms with Crippen molar-refractivity contribution in [2.75, 3.05) is 18.5 Å². The smallest absolute Gasteiger partial charge is 0.236 e. The fourth-order valence-corrected chi connectivity index (χ4v) is 3.55. The molecule has 1 fully saturated rings. The van der Waals surface area contributed by atoms with Crippen molar-refractivity contribution >= 4 is 27.5 Å². The topological polar surface area (TPSA) is 58.4 Å². The maximum atomic E-state index is 11.4. The lowest BCUT2D eigenvalue weighted by atomic mass is 10.1. The Morgan fingerprint density at radius 3 is 2.70 bits per heavy atom. The van der Waals surface area contributed by atoms with Crippen molar-refractivity contribution in [3.63, 3.8) is 0 Å². The first-order chi connectivity index (χ1) is 9.61. The zero-order valence-corrected chi connectivity index (χ0v) is 13.4. The quantitative estimate of drug-likeness (QED) is 0.836. The van der Waals surface area contributed by atoms with Crippen LogP contribution in [0.15, 0.2) is 22.7 Å².